The van der Waals surface area contributed by atoms with Crippen LogP contribution < -0.4 is 0 Å². The van der Waals surface area contributed by atoms with Gasteiger partial charge in [0.2, 0.25) is 0 Å². The quantitative estimate of drug-likeness (QED) is 0.632. The van der Waals surface area contributed by atoms with Crippen LogP contribution in [-0.4, -0.2) is 4.83 Å². The minimum Gasteiger partial charge on any atom is -0.0884 e. The highest BCUT2D eigenvalue weighted by atomic mass is 79.9. The van der Waals surface area contributed by atoms with Crippen LogP contribution >= 0.6 is 15.9 Å². The molecule has 0 aromatic heterocycles. The minimum atomic E-state index is 0.665. The van der Waals surface area contributed by atoms with Crippen molar-refractivity contribution in [2.45, 2.75) is 63.1 Å². The van der Waals surface area contributed by atoms with Crippen LogP contribution in [0.5, 0.6) is 0 Å². The van der Waals surface area contributed by atoms with Gasteiger partial charge < -0.3 is 0 Å². The average Bonchev–Trinajstić information content (AvgIpc) is 2.31. The zero-order chi connectivity index (χ0) is 12.8. The molecule has 0 heterocycles. The van der Waals surface area contributed by atoms with E-state index < -0.39 is 0 Å². The van der Waals surface area contributed by atoms with Crippen LogP contribution in [0.4, 0.5) is 0 Å². The van der Waals surface area contributed by atoms with Gasteiger partial charge in [-0.1, -0.05) is 77.9 Å². The molecule has 0 nitrogen and oxygen atoms in total. The molecule has 1 aromatic carbocycles. The number of hydrogen-bond donors (Lipinski definition) is 0. The first-order valence-electron chi connectivity index (χ1n) is 7.45. The van der Waals surface area contributed by atoms with Crippen molar-refractivity contribution in [1.82, 2.24) is 0 Å². The molecule has 0 spiro atoms. The third-order valence-electron chi connectivity index (χ3n) is 4.21. The molecule has 0 radical (unpaired) electrons. The molecule has 1 unspecified atom stereocenters. The largest absolute Gasteiger partial charge is 0.0884 e. The van der Waals surface area contributed by atoms with E-state index in [1.54, 1.807) is 0 Å². The van der Waals surface area contributed by atoms with E-state index in [2.05, 4.69) is 47.1 Å². The molecule has 0 aliphatic heterocycles. The Morgan fingerprint density at radius 1 is 1.00 bits per heavy atom. The summed E-state index contributed by atoms with van der Waals surface area (Å²) in [7, 11) is 0. The molecule has 0 amide bonds. The minimum absolute atomic E-state index is 0.665. The van der Waals surface area contributed by atoms with Crippen molar-refractivity contribution in [2.75, 3.05) is 0 Å². The number of alkyl halides is 1. The van der Waals surface area contributed by atoms with Crippen LogP contribution in [0.25, 0.3) is 0 Å². The lowest BCUT2D eigenvalue weighted by atomic mass is 9.87. The summed E-state index contributed by atoms with van der Waals surface area (Å²) in [6, 6.07) is 9.03. The summed E-state index contributed by atoms with van der Waals surface area (Å²) in [5.74, 6) is 0.881. The first-order chi connectivity index (χ1) is 8.75. The Morgan fingerprint density at radius 3 is 2.17 bits per heavy atom. The number of halogens is 1. The molecule has 2 rings (SSSR count). The van der Waals surface area contributed by atoms with Crippen molar-refractivity contribution in [3.8, 4) is 0 Å². The second-order valence-electron chi connectivity index (χ2n) is 5.81. The summed E-state index contributed by atoms with van der Waals surface area (Å²) in [6.07, 6.45) is 11.2. The van der Waals surface area contributed by atoms with Crippen LogP contribution in [0.3, 0.4) is 0 Å². The fraction of sp³-hybridized carbons (Fsp3) is 0.647. The molecule has 1 atom stereocenters. The molecular formula is C17H25Br. The Labute approximate surface area is 120 Å². The molecule has 1 aliphatic carbocycles. The van der Waals surface area contributed by atoms with Gasteiger partial charge in [-0.05, 0) is 37.7 Å². The average molecular weight is 309 g/mol. The highest BCUT2D eigenvalue weighted by molar-refractivity contribution is 9.09. The second-order valence-corrected chi connectivity index (χ2v) is 6.99. The lowest BCUT2D eigenvalue weighted by Gasteiger charge is -2.24. The number of hydrogen-bond acceptors (Lipinski definition) is 0. The summed E-state index contributed by atoms with van der Waals surface area (Å²) in [6.45, 7) is 2.16. The van der Waals surface area contributed by atoms with E-state index in [0.717, 1.165) is 5.92 Å². The molecule has 18 heavy (non-hydrogen) atoms. The Hall–Kier alpha value is -0.300. The van der Waals surface area contributed by atoms with E-state index >= 15 is 0 Å². The van der Waals surface area contributed by atoms with E-state index in [9.17, 15) is 0 Å². The van der Waals surface area contributed by atoms with Gasteiger partial charge in [-0.3, -0.25) is 0 Å². The monoisotopic (exact) mass is 308 g/mol. The maximum absolute atomic E-state index is 3.95. The molecule has 100 valence electrons. The number of rotatable bonds is 3. The first-order valence-corrected chi connectivity index (χ1v) is 8.37. The summed E-state index contributed by atoms with van der Waals surface area (Å²) in [5, 5.41) is 0. The number of benzene rings is 1. The Kier molecular flexibility index (Phi) is 5.75. The standard InChI is InChI=1S/C17H25Br/c1-14-9-11-15(12-10-14)13-17(18)16-7-5-3-2-4-6-8-16/h9-12,16-17H,2-8,13H2,1H3. The molecule has 1 saturated carbocycles. The van der Waals surface area contributed by atoms with Crippen molar-refractivity contribution in [1.29, 1.82) is 0 Å². The molecule has 1 aliphatic rings. The zero-order valence-electron chi connectivity index (χ0n) is 11.5. The van der Waals surface area contributed by atoms with Gasteiger partial charge in [0.15, 0.2) is 0 Å². The summed E-state index contributed by atoms with van der Waals surface area (Å²) in [4.78, 5) is 0.665. The summed E-state index contributed by atoms with van der Waals surface area (Å²) in [5.41, 5.74) is 2.83. The van der Waals surface area contributed by atoms with E-state index in [0.29, 0.717) is 4.83 Å². The molecule has 0 bridgehead atoms. The van der Waals surface area contributed by atoms with Crippen LogP contribution in [0.2, 0.25) is 0 Å². The summed E-state index contributed by atoms with van der Waals surface area (Å²) >= 11 is 3.95. The van der Waals surface area contributed by atoms with E-state index in [-0.39, 0.29) is 0 Å². The van der Waals surface area contributed by atoms with Crippen molar-refractivity contribution in [3.05, 3.63) is 35.4 Å². The predicted octanol–water partition coefficient (Wildman–Crippen LogP) is 5.66. The Morgan fingerprint density at radius 2 is 1.56 bits per heavy atom. The van der Waals surface area contributed by atoms with Crippen LogP contribution in [0, 0.1) is 12.8 Å². The highest BCUT2D eigenvalue weighted by Gasteiger charge is 2.19. The van der Waals surface area contributed by atoms with Crippen LogP contribution in [-0.2, 0) is 6.42 Å². The van der Waals surface area contributed by atoms with Crippen LogP contribution in [0.15, 0.2) is 24.3 Å². The highest BCUT2D eigenvalue weighted by Crippen LogP contribution is 2.30. The van der Waals surface area contributed by atoms with Crippen molar-refractivity contribution in [2.24, 2.45) is 5.92 Å². The molecule has 0 saturated heterocycles. The second kappa shape index (κ2) is 7.33. The normalized spacial score (nSPS) is 20.1. The van der Waals surface area contributed by atoms with Gasteiger partial charge in [-0.25, -0.2) is 0 Å². The third-order valence-corrected chi connectivity index (χ3v) is 5.28. The Bertz CT molecular complexity index is 333. The number of aryl methyl sites for hydroxylation is 1. The third kappa shape index (κ3) is 4.42. The van der Waals surface area contributed by atoms with E-state index in [4.69, 9.17) is 0 Å². The van der Waals surface area contributed by atoms with Crippen molar-refractivity contribution >= 4 is 15.9 Å². The molecular weight excluding hydrogens is 284 g/mol. The predicted molar refractivity (Wildman–Crippen MR) is 83.4 cm³/mol. The topological polar surface area (TPSA) is 0 Å². The van der Waals surface area contributed by atoms with E-state index in [1.165, 1.54) is 62.5 Å². The molecule has 1 aromatic rings. The fourth-order valence-corrected chi connectivity index (χ4v) is 3.87. The summed E-state index contributed by atoms with van der Waals surface area (Å²) < 4.78 is 0. The SMILES string of the molecule is Cc1ccc(CC(Br)C2CCCCCCC2)cc1. The van der Waals surface area contributed by atoms with Crippen molar-refractivity contribution in [3.63, 3.8) is 0 Å². The van der Waals surface area contributed by atoms with Gasteiger partial charge in [-0.15, -0.1) is 0 Å². The molecule has 0 N–H and O–H groups in total. The van der Waals surface area contributed by atoms with Gasteiger partial charge in [0.1, 0.15) is 0 Å². The van der Waals surface area contributed by atoms with Gasteiger partial charge >= 0.3 is 0 Å². The molecule has 1 heteroatoms. The lowest BCUT2D eigenvalue weighted by molar-refractivity contribution is 0.370. The maximum atomic E-state index is 3.95. The van der Waals surface area contributed by atoms with Crippen LogP contribution in [0.1, 0.15) is 56.1 Å². The fourth-order valence-electron chi connectivity index (χ4n) is 2.97. The van der Waals surface area contributed by atoms with Gasteiger partial charge in [0.05, 0.1) is 0 Å². The van der Waals surface area contributed by atoms with Gasteiger partial charge in [0, 0.05) is 4.83 Å². The van der Waals surface area contributed by atoms with E-state index in [1.807, 2.05) is 0 Å². The zero-order valence-corrected chi connectivity index (χ0v) is 13.1. The lowest BCUT2D eigenvalue weighted by Crippen LogP contribution is -2.18. The maximum Gasteiger partial charge on any atom is 0.0214 e. The van der Waals surface area contributed by atoms with Crippen molar-refractivity contribution < 1.29 is 0 Å². The van der Waals surface area contributed by atoms with Gasteiger partial charge in [-0.2, -0.15) is 0 Å². The molecule has 1 fully saturated rings. The van der Waals surface area contributed by atoms with Gasteiger partial charge in [0.25, 0.3) is 0 Å². The Balaban J connectivity index is 1.89. The smallest absolute Gasteiger partial charge is 0.0214 e. The first kappa shape index (κ1) is 14.1.